The molecule has 1 aliphatic heterocycles. The molecule has 1 aromatic carbocycles. The van der Waals surface area contributed by atoms with Crippen molar-refractivity contribution in [2.24, 2.45) is 0 Å². The molecule has 0 amide bonds. The van der Waals surface area contributed by atoms with E-state index in [1.807, 2.05) is 42.0 Å². The molecule has 0 spiro atoms. The van der Waals surface area contributed by atoms with Gasteiger partial charge in [-0.15, -0.1) is 0 Å². The molecule has 0 radical (unpaired) electrons. The van der Waals surface area contributed by atoms with E-state index in [-0.39, 0.29) is 13.0 Å². The number of benzene rings is 1. The molecule has 10 heteroatoms. The van der Waals surface area contributed by atoms with Crippen LogP contribution >= 0.6 is 0 Å². The van der Waals surface area contributed by atoms with Crippen LogP contribution in [0.15, 0.2) is 67.5 Å². The van der Waals surface area contributed by atoms with E-state index >= 15 is 0 Å². The fourth-order valence-electron chi connectivity index (χ4n) is 5.24. The first kappa shape index (κ1) is 22.7. The summed E-state index contributed by atoms with van der Waals surface area (Å²) in [7, 11) is 0. The van der Waals surface area contributed by atoms with Crippen LogP contribution in [0.5, 0.6) is 0 Å². The van der Waals surface area contributed by atoms with Crippen LogP contribution in [-0.2, 0) is 6.54 Å². The number of nitrogens with zero attached hydrogens (tertiary/aromatic N) is 6. The first-order valence-electron chi connectivity index (χ1n) is 12.4. The van der Waals surface area contributed by atoms with Crippen molar-refractivity contribution in [1.29, 1.82) is 0 Å². The Bertz CT molecular complexity index is 1800. The number of aromatic nitrogens is 7. The molecule has 5 aromatic heterocycles. The predicted molar refractivity (Wildman–Crippen MR) is 141 cm³/mol. The average Bonchev–Trinajstić information content (AvgIpc) is 3.69. The summed E-state index contributed by atoms with van der Waals surface area (Å²) >= 11 is 0. The summed E-state index contributed by atoms with van der Waals surface area (Å²) < 4.78 is 29.2. The summed E-state index contributed by atoms with van der Waals surface area (Å²) in [5.74, 6) is -1.81. The van der Waals surface area contributed by atoms with E-state index in [0.29, 0.717) is 13.1 Å². The molecule has 0 aliphatic carbocycles. The lowest BCUT2D eigenvalue weighted by Gasteiger charge is -2.15. The van der Waals surface area contributed by atoms with Gasteiger partial charge in [-0.25, -0.2) is 18.7 Å². The smallest absolute Gasteiger partial charge is 0.261 e. The number of halogens is 2. The van der Waals surface area contributed by atoms with Crippen molar-refractivity contribution in [3.63, 3.8) is 0 Å². The number of likely N-dealkylation sites (tertiary alicyclic amines) is 1. The number of H-pyrrole nitrogens is 2. The number of alkyl halides is 2. The molecule has 0 bridgehead atoms. The highest BCUT2D eigenvalue weighted by atomic mass is 19.3. The summed E-state index contributed by atoms with van der Waals surface area (Å²) in [5.41, 5.74) is 7.28. The van der Waals surface area contributed by atoms with E-state index in [4.69, 9.17) is 0 Å². The topological polar surface area (TPSA) is 91.3 Å². The summed E-state index contributed by atoms with van der Waals surface area (Å²) in [6.07, 6.45) is 8.95. The first-order valence-corrected chi connectivity index (χ1v) is 12.4. The minimum atomic E-state index is -2.61. The lowest BCUT2D eigenvalue weighted by Crippen LogP contribution is -2.24. The Hall–Kier alpha value is -4.44. The monoisotopic (exact) mass is 510 g/mol. The van der Waals surface area contributed by atoms with E-state index in [2.05, 4.69) is 42.3 Å². The number of fused-ring (bicyclic) bond motifs is 2. The molecule has 2 N–H and O–H groups in total. The third-order valence-corrected chi connectivity index (χ3v) is 7.08. The molecule has 0 atom stereocenters. The minimum Gasteiger partial charge on any atom is -0.353 e. The second-order valence-electron chi connectivity index (χ2n) is 9.93. The molecule has 6 aromatic rings. The summed E-state index contributed by atoms with van der Waals surface area (Å²) in [6, 6.07) is 12.1. The second-order valence-corrected chi connectivity index (χ2v) is 9.93. The zero-order valence-corrected chi connectivity index (χ0v) is 20.6. The van der Waals surface area contributed by atoms with Crippen molar-refractivity contribution >= 4 is 21.8 Å². The molecular weight excluding hydrogens is 486 g/mol. The van der Waals surface area contributed by atoms with Gasteiger partial charge in [0, 0.05) is 60.6 Å². The Balaban J connectivity index is 1.24. The number of aryl methyl sites for hydroxylation is 1. The summed E-state index contributed by atoms with van der Waals surface area (Å²) in [6.45, 7) is 2.59. The lowest BCUT2D eigenvalue weighted by atomic mass is 10.0. The van der Waals surface area contributed by atoms with E-state index in [0.717, 1.165) is 61.4 Å². The van der Waals surface area contributed by atoms with Crippen LogP contribution in [0.3, 0.4) is 0 Å². The lowest BCUT2D eigenvalue weighted by molar-refractivity contribution is 0.0115. The molecule has 6 heterocycles. The van der Waals surface area contributed by atoms with Crippen molar-refractivity contribution < 1.29 is 8.78 Å². The Kier molecular flexibility index (Phi) is 5.12. The Morgan fingerprint density at radius 1 is 1.00 bits per heavy atom. The first-order chi connectivity index (χ1) is 18.4. The Labute approximate surface area is 216 Å². The molecule has 1 fully saturated rings. The van der Waals surface area contributed by atoms with Crippen LogP contribution in [0.2, 0.25) is 0 Å². The molecule has 0 unspecified atom stereocenters. The van der Waals surface area contributed by atoms with E-state index in [1.165, 1.54) is 0 Å². The number of rotatable bonds is 5. The summed E-state index contributed by atoms with van der Waals surface area (Å²) in [5, 5.41) is 9.68. The number of imidazole rings is 1. The number of hydrogen-bond acceptors (Lipinski definition) is 5. The number of aromatic amines is 2. The number of nitrogens with one attached hydrogen (secondary N) is 2. The maximum atomic E-state index is 13.6. The van der Waals surface area contributed by atoms with Crippen molar-refractivity contribution in [2.75, 3.05) is 13.1 Å². The molecule has 8 nitrogen and oxygen atoms in total. The normalized spacial score (nSPS) is 15.7. The zero-order chi connectivity index (χ0) is 25.9. The highest BCUT2D eigenvalue weighted by molar-refractivity contribution is 5.98. The Morgan fingerprint density at radius 2 is 1.92 bits per heavy atom. The maximum absolute atomic E-state index is 13.6. The molecule has 190 valence electrons. The SMILES string of the molecule is Cc1cn(-c2nccc3[nH]c(-c4n[nH]c5ccc(-c6cncc(CN7CCC(F)(F)C7)c6)cc45)cc23)cn1. The predicted octanol–water partition coefficient (Wildman–Crippen LogP) is 5.50. The highest BCUT2D eigenvalue weighted by Crippen LogP contribution is 2.33. The van der Waals surface area contributed by atoms with Gasteiger partial charge in [0.25, 0.3) is 5.92 Å². The van der Waals surface area contributed by atoms with Crippen LogP contribution in [0.4, 0.5) is 8.78 Å². The van der Waals surface area contributed by atoms with Crippen LogP contribution in [0, 0.1) is 6.92 Å². The van der Waals surface area contributed by atoms with E-state index < -0.39 is 5.92 Å². The molecular formula is C28H24F2N8. The van der Waals surface area contributed by atoms with Gasteiger partial charge in [0.2, 0.25) is 0 Å². The zero-order valence-electron chi connectivity index (χ0n) is 20.6. The average molecular weight is 511 g/mol. The fourth-order valence-corrected chi connectivity index (χ4v) is 5.24. The molecule has 1 aliphatic rings. The van der Waals surface area contributed by atoms with Crippen molar-refractivity contribution in [1.82, 2.24) is 39.6 Å². The fraction of sp³-hybridized carbons (Fsp3) is 0.214. The van der Waals surface area contributed by atoms with Gasteiger partial charge < -0.3 is 4.98 Å². The van der Waals surface area contributed by atoms with Crippen LogP contribution in [0.1, 0.15) is 17.7 Å². The van der Waals surface area contributed by atoms with Gasteiger partial charge in [-0.05, 0) is 48.4 Å². The van der Waals surface area contributed by atoms with Gasteiger partial charge in [-0.1, -0.05) is 6.07 Å². The van der Waals surface area contributed by atoms with Crippen molar-refractivity contribution in [2.45, 2.75) is 25.8 Å². The molecule has 7 rings (SSSR count). The Morgan fingerprint density at radius 3 is 2.74 bits per heavy atom. The molecule has 38 heavy (non-hydrogen) atoms. The van der Waals surface area contributed by atoms with Gasteiger partial charge in [-0.3, -0.25) is 19.5 Å². The third-order valence-electron chi connectivity index (χ3n) is 7.08. The van der Waals surface area contributed by atoms with Gasteiger partial charge in [0.15, 0.2) is 0 Å². The van der Waals surface area contributed by atoms with Crippen LogP contribution < -0.4 is 0 Å². The van der Waals surface area contributed by atoms with E-state index in [1.54, 1.807) is 29.8 Å². The van der Waals surface area contributed by atoms with Gasteiger partial charge >= 0.3 is 0 Å². The number of hydrogen-bond donors (Lipinski definition) is 2. The maximum Gasteiger partial charge on any atom is 0.261 e. The molecule has 0 saturated carbocycles. The van der Waals surface area contributed by atoms with Gasteiger partial charge in [0.1, 0.15) is 17.8 Å². The largest absolute Gasteiger partial charge is 0.353 e. The van der Waals surface area contributed by atoms with Gasteiger partial charge in [-0.2, -0.15) is 5.10 Å². The third kappa shape index (κ3) is 4.03. The standard InChI is InChI=1S/C28H24F2N8/c1-17-13-38(16-33-17)27-22-10-25(34-23(22)4-6-32-27)26-21-9-19(2-3-24(21)35-36-26)20-8-18(11-31-12-20)14-37-7-5-28(29,30)15-37/h2-4,6,8-13,16,34H,5,7,14-15H2,1H3,(H,35,36). The van der Waals surface area contributed by atoms with Crippen molar-refractivity contribution in [3.8, 4) is 28.3 Å². The minimum absolute atomic E-state index is 0.0900. The number of pyridine rings is 2. The second kappa shape index (κ2) is 8.56. The van der Waals surface area contributed by atoms with Gasteiger partial charge in [0.05, 0.1) is 29.0 Å². The summed E-state index contributed by atoms with van der Waals surface area (Å²) in [4.78, 5) is 18.6. The van der Waals surface area contributed by atoms with Crippen LogP contribution in [-0.4, -0.2) is 58.6 Å². The van der Waals surface area contributed by atoms with Crippen LogP contribution in [0.25, 0.3) is 50.1 Å². The highest BCUT2D eigenvalue weighted by Gasteiger charge is 2.37. The quantitative estimate of drug-likeness (QED) is 0.319. The van der Waals surface area contributed by atoms with Crippen molar-refractivity contribution in [3.05, 3.63) is 78.8 Å². The molecule has 1 saturated heterocycles. The van der Waals surface area contributed by atoms with E-state index in [9.17, 15) is 8.78 Å².